The van der Waals surface area contributed by atoms with Crippen molar-refractivity contribution in [3.8, 4) is 0 Å². The van der Waals surface area contributed by atoms with E-state index in [4.69, 9.17) is 0 Å². The molecule has 2 aromatic carbocycles. The average molecular weight is 474 g/mol. The summed E-state index contributed by atoms with van der Waals surface area (Å²) in [5, 5.41) is 10.8. The third-order valence-corrected chi connectivity index (χ3v) is 7.67. The van der Waals surface area contributed by atoms with Gasteiger partial charge in [-0.25, -0.2) is 21.6 Å². The number of nitro groups is 1. The Hall–Kier alpha value is -2.24. The van der Waals surface area contributed by atoms with E-state index in [9.17, 15) is 27.3 Å². The van der Waals surface area contributed by atoms with Crippen LogP contribution in [-0.4, -0.2) is 18.9 Å². The van der Waals surface area contributed by atoms with E-state index in [-0.39, 0.29) is 20.9 Å². The van der Waals surface area contributed by atoms with Crippen LogP contribution in [0.15, 0.2) is 56.6 Å². The summed E-state index contributed by atoms with van der Waals surface area (Å²) in [6.07, 6.45) is 0.584. The van der Waals surface area contributed by atoms with Crippen molar-refractivity contribution in [2.45, 2.75) is 56.4 Å². The molecule has 0 heterocycles. The number of nitrogens with one attached hydrogen (secondary N) is 1. The van der Waals surface area contributed by atoms with Crippen LogP contribution in [0.2, 0.25) is 0 Å². The molecule has 0 radical (unpaired) electrons. The highest BCUT2D eigenvalue weighted by atomic mass is 32.3. The number of hydrogen-bond donors (Lipinski definition) is 1. The largest absolute Gasteiger partial charge is 0.269 e. The van der Waals surface area contributed by atoms with Crippen molar-refractivity contribution < 1.29 is 22.1 Å². The minimum absolute atomic E-state index is 0.0324. The highest BCUT2D eigenvalue weighted by molar-refractivity contribution is 8.02. The van der Waals surface area contributed by atoms with Crippen molar-refractivity contribution in [1.29, 1.82) is 0 Å². The van der Waals surface area contributed by atoms with Crippen LogP contribution in [0.1, 0.15) is 41.0 Å². The maximum Gasteiger partial charge on any atom is 0.269 e. The Morgan fingerprint density at radius 3 is 2.00 bits per heavy atom. The number of nitro benzene ring substituents is 1. The van der Waals surface area contributed by atoms with Crippen molar-refractivity contribution in [2.24, 2.45) is 9.78 Å². The second kappa shape index (κ2) is 9.09. The van der Waals surface area contributed by atoms with E-state index >= 15 is 0 Å². The highest BCUT2D eigenvalue weighted by Gasteiger charge is 2.27. The molecule has 0 aliphatic rings. The molecule has 0 bridgehead atoms. The number of nitrogens with zero attached hydrogens (tertiary/aromatic N) is 2. The number of non-ortho nitro benzene ring substituents is 1. The number of rotatable bonds is 7. The van der Waals surface area contributed by atoms with Gasteiger partial charge >= 0.3 is 0 Å². The Labute approximate surface area is 183 Å². The molecular formula is C20H25F2N3O4S2. The molecule has 31 heavy (non-hydrogen) atoms. The quantitative estimate of drug-likeness (QED) is 0.444. The molecule has 0 aliphatic carbocycles. The lowest BCUT2D eigenvalue weighted by molar-refractivity contribution is -0.384. The third kappa shape index (κ3) is 7.44. The monoisotopic (exact) mass is 473 g/mol. The van der Waals surface area contributed by atoms with Crippen LogP contribution in [0.3, 0.4) is 0 Å². The molecule has 1 atom stereocenters. The van der Waals surface area contributed by atoms with Gasteiger partial charge in [-0.1, -0.05) is 20.8 Å². The van der Waals surface area contributed by atoms with Crippen molar-refractivity contribution in [1.82, 2.24) is 4.13 Å². The first-order valence-corrected chi connectivity index (χ1v) is 11.9. The van der Waals surface area contributed by atoms with E-state index in [1.807, 2.05) is 34.6 Å². The van der Waals surface area contributed by atoms with Crippen LogP contribution in [0.5, 0.6) is 0 Å². The van der Waals surface area contributed by atoms with Gasteiger partial charge in [-0.2, -0.15) is 0 Å². The summed E-state index contributed by atoms with van der Waals surface area (Å²) in [5.41, 5.74) is -1.12. The fourth-order valence-corrected chi connectivity index (χ4v) is 6.59. The third-order valence-electron chi connectivity index (χ3n) is 3.91. The van der Waals surface area contributed by atoms with Gasteiger partial charge in [0.05, 0.1) is 15.4 Å². The molecule has 0 spiro atoms. The molecule has 170 valence electrons. The van der Waals surface area contributed by atoms with Gasteiger partial charge in [-0.15, -0.1) is 4.13 Å². The van der Waals surface area contributed by atoms with E-state index in [1.54, 1.807) is 0 Å². The number of hydrogen-bond acceptors (Lipinski definition) is 5. The molecule has 0 aliphatic heterocycles. The Balaban J connectivity index is 2.54. The molecule has 1 unspecified atom stereocenters. The first-order chi connectivity index (χ1) is 14.1. The van der Waals surface area contributed by atoms with Gasteiger partial charge < -0.3 is 0 Å². The summed E-state index contributed by atoms with van der Waals surface area (Å²) >= 11 is 0. The molecule has 0 saturated carbocycles. The van der Waals surface area contributed by atoms with Crippen molar-refractivity contribution >= 4 is 26.6 Å². The van der Waals surface area contributed by atoms with Gasteiger partial charge in [0.25, 0.3) is 15.7 Å². The Kier molecular flexibility index (Phi) is 7.34. The summed E-state index contributed by atoms with van der Waals surface area (Å²) in [6, 6.07) is 7.06. The molecular weight excluding hydrogens is 448 g/mol. The van der Waals surface area contributed by atoms with Crippen LogP contribution in [0, 0.1) is 27.2 Å². The molecule has 2 aromatic rings. The van der Waals surface area contributed by atoms with Gasteiger partial charge in [-0.05, 0) is 49.9 Å². The molecule has 0 saturated heterocycles. The number of benzene rings is 2. The topological polar surface area (TPSA) is 102 Å². The maximum atomic E-state index is 13.9. The van der Waals surface area contributed by atoms with Crippen LogP contribution in [0.4, 0.5) is 14.5 Å². The lowest BCUT2D eigenvalue weighted by Crippen LogP contribution is -2.31. The molecule has 0 amide bonds. The molecule has 0 aromatic heterocycles. The second-order valence-corrected chi connectivity index (χ2v) is 12.2. The summed E-state index contributed by atoms with van der Waals surface area (Å²) in [7, 11) is -5.81. The fraction of sp³-hybridized carbons (Fsp3) is 0.400. The summed E-state index contributed by atoms with van der Waals surface area (Å²) < 4.78 is 60.5. The smallest absolute Gasteiger partial charge is 0.258 e. The van der Waals surface area contributed by atoms with Crippen LogP contribution >= 0.6 is 0 Å². The molecule has 11 heteroatoms. The standard InChI is InChI=1S/C20H25F2N3O4S2/c1-19(2,3)13-20(4,5)23-30(17-11-14(21)10-15(22)12-17)24-31(28,29)18-8-6-16(7-9-18)25(26)27/h6-12H,13H2,1-5H3,(H,23,24). The molecule has 1 N–H and O–H groups in total. The maximum absolute atomic E-state index is 13.9. The van der Waals surface area contributed by atoms with Crippen molar-refractivity contribution in [3.05, 3.63) is 64.2 Å². The Morgan fingerprint density at radius 1 is 1.03 bits per heavy atom. The van der Waals surface area contributed by atoms with Gasteiger partial charge in [0, 0.05) is 34.0 Å². The number of halogens is 2. The van der Waals surface area contributed by atoms with E-state index < -0.39 is 43.0 Å². The molecule has 2 rings (SSSR count). The summed E-state index contributed by atoms with van der Waals surface area (Å²) in [4.78, 5) is 9.98. The zero-order valence-electron chi connectivity index (χ0n) is 17.8. The normalized spacial score (nSPS) is 13.9. The van der Waals surface area contributed by atoms with Gasteiger partial charge in [-0.3, -0.25) is 10.1 Å². The number of sulfonamides is 1. The molecule has 0 fully saturated rings. The average Bonchev–Trinajstić information content (AvgIpc) is 2.57. The van der Waals surface area contributed by atoms with Crippen LogP contribution < -0.4 is 4.13 Å². The highest BCUT2D eigenvalue weighted by Crippen LogP contribution is 2.31. The van der Waals surface area contributed by atoms with Crippen LogP contribution in [-0.2, 0) is 20.9 Å². The van der Waals surface area contributed by atoms with E-state index in [0.29, 0.717) is 12.5 Å². The predicted molar refractivity (Wildman–Crippen MR) is 116 cm³/mol. The van der Waals surface area contributed by atoms with E-state index in [1.165, 1.54) is 0 Å². The zero-order valence-corrected chi connectivity index (χ0v) is 19.5. The summed E-state index contributed by atoms with van der Waals surface area (Å²) in [6.45, 7) is 9.64. The predicted octanol–water partition coefficient (Wildman–Crippen LogP) is 5.14. The zero-order chi connectivity index (χ0) is 23.6. The first-order valence-electron chi connectivity index (χ1n) is 9.28. The van der Waals surface area contributed by atoms with Crippen LogP contribution in [0.25, 0.3) is 0 Å². The van der Waals surface area contributed by atoms with Gasteiger partial charge in [0.15, 0.2) is 0 Å². The van der Waals surface area contributed by atoms with E-state index in [2.05, 4.69) is 8.49 Å². The van der Waals surface area contributed by atoms with Crippen molar-refractivity contribution in [2.75, 3.05) is 0 Å². The van der Waals surface area contributed by atoms with Gasteiger partial charge in [0.1, 0.15) is 11.6 Å². The summed E-state index contributed by atoms with van der Waals surface area (Å²) in [5.74, 6) is -1.71. The minimum Gasteiger partial charge on any atom is -0.258 e. The van der Waals surface area contributed by atoms with Crippen molar-refractivity contribution in [3.63, 3.8) is 0 Å². The lowest BCUT2D eigenvalue weighted by atomic mass is 9.82. The lowest BCUT2D eigenvalue weighted by Gasteiger charge is -2.30. The Bertz CT molecular complexity index is 1090. The molecule has 7 nitrogen and oxygen atoms in total. The first kappa shape index (κ1) is 25.0. The SMILES string of the molecule is CC(C)(C)CC(C)(C)N=S(NS(=O)(=O)c1ccc([N+](=O)[O-])cc1)c1cc(F)cc(F)c1. The van der Waals surface area contributed by atoms with Gasteiger partial charge in [0.2, 0.25) is 0 Å². The Morgan fingerprint density at radius 2 is 1.55 bits per heavy atom. The van der Waals surface area contributed by atoms with E-state index in [0.717, 1.165) is 36.4 Å². The minimum atomic E-state index is -4.19. The fourth-order valence-electron chi connectivity index (χ4n) is 3.24. The second-order valence-electron chi connectivity index (χ2n) is 8.87.